The van der Waals surface area contributed by atoms with Gasteiger partial charge in [-0.05, 0) is 24.3 Å². The minimum absolute atomic E-state index is 0. The number of carbonyl (C=O) groups is 2. The molecule has 94 valence electrons. The van der Waals surface area contributed by atoms with Crippen molar-refractivity contribution < 1.29 is 9.59 Å². The van der Waals surface area contributed by atoms with Gasteiger partial charge in [0.1, 0.15) is 0 Å². The van der Waals surface area contributed by atoms with Gasteiger partial charge in [0.15, 0.2) is 0 Å². The molecule has 4 N–H and O–H groups in total. The van der Waals surface area contributed by atoms with Crippen LogP contribution >= 0.6 is 12.4 Å². The molecule has 0 aromatic heterocycles. The first kappa shape index (κ1) is 15.4. The summed E-state index contributed by atoms with van der Waals surface area (Å²) in [7, 11) is 0. The number of nitrogens with one attached hydrogen (secondary N) is 2. The van der Waals surface area contributed by atoms with Crippen LogP contribution in [0.5, 0.6) is 0 Å². The highest BCUT2D eigenvalue weighted by atomic mass is 35.5. The monoisotopic (exact) mass is 257 g/mol. The number of anilines is 2. The molecule has 0 aliphatic carbocycles. The van der Waals surface area contributed by atoms with Crippen LogP contribution in [0.3, 0.4) is 0 Å². The van der Waals surface area contributed by atoms with Gasteiger partial charge >= 0.3 is 0 Å². The van der Waals surface area contributed by atoms with E-state index in [4.69, 9.17) is 5.73 Å². The maximum Gasteiger partial charge on any atom is 0.225 e. The minimum Gasteiger partial charge on any atom is -0.330 e. The molecule has 0 unspecified atom stereocenters. The van der Waals surface area contributed by atoms with E-state index in [1.54, 1.807) is 24.3 Å². The Balaban J connectivity index is 0.00000256. The van der Waals surface area contributed by atoms with Crippen LogP contribution in [0.15, 0.2) is 24.3 Å². The van der Waals surface area contributed by atoms with Crippen LogP contribution < -0.4 is 16.4 Å². The third kappa shape index (κ3) is 5.89. The Morgan fingerprint density at radius 1 is 1.12 bits per heavy atom. The van der Waals surface area contributed by atoms with Crippen molar-refractivity contribution in [2.75, 3.05) is 17.2 Å². The van der Waals surface area contributed by atoms with Gasteiger partial charge in [0.05, 0.1) is 0 Å². The van der Waals surface area contributed by atoms with Gasteiger partial charge < -0.3 is 16.4 Å². The number of nitrogens with two attached hydrogens (primary N) is 1. The predicted octanol–water partition coefficient (Wildman–Crippen LogP) is 1.35. The molecule has 0 aliphatic rings. The molecule has 0 radical (unpaired) electrons. The van der Waals surface area contributed by atoms with E-state index < -0.39 is 0 Å². The fourth-order valence-electron chi connectivity index (χ4n) is 1.19. The van der Waals surface area contributed by atoms with E-state index in [2.05, 4.69) is 10.6 Å². The fourth-order valence-corrected chi connectivity index (χ4v) is 1.19. The van der Waals surface area contributed by atoms with Crippen molar-refractivity contribution in [3.05, 3.63) is 24.3 Å². The number of halogens is 1. The lowest BCUT2D eigenvalue weighted by Gasteiger charge is -2.06. The lowest BCUT2D eigenvalue weighted by molar-refractivity contribution is -0.116. The Kier molecular flexibility index (Phi) is 6.93. The molecule has 5 nitrogen and oxygen atoms in total. The van der Waals surface area contributed by atoms with Crippen molar-refractivity contribution in [1.82, 2.24) is 0 Å². The molecule has 0 fully saturated rings. The second kappa shape index (κ2) is 7.65. The smallest absolute Gasteiger partial charge is 0.225 e. The first-order valence-electron chi connectivity index (χ1n) is 4.99. The normalized spacial score (nSPS) is 9.06. The largest absolute Gasteiger partial charge is 0.330 e. The first-order valence-corrected chi connectivity index (χ1v) is 4.99. The summed E-state index contributed by atoms with van der Waals surface area (Å²) in [5, 5.41) is 5.33. The Bertz CT molecular complexity index is 379. The average Bonchev–Trinajstić information content (AvgIpc) is 2.20. The Morgan fingerprint density at radius 2 is 1.59 bits per heavy atom. The molecule has 17 heavy (non-hydrogen) atoms. The van der Waals surface area contributed by atoms with E-state index in [-0.39, 0.29) is 24.2 Å². The Hall–Kier alpha value is -1.59. The minimum atomic E-state index is -0.125. The van der Waals surface area contributed by atoms with Gasteiger partial charge in [-0.1, -0.05) is 0 Å². The number of rotatable bonds is 4. The molecule has 0 heterocycles. The average molecular weight is 258 g/mol. The molecule has 0 aliphatic heterocycles. The van der Waals surface area contributed by atoms with Crippen LogP contribution in [0, 0.1) is 0 Å². The van der Waals surface area contributed by atoms with E-state index in [0.29, 0.717) is 24.3 Å². The molecule has 0 spiro atoms. The first-order chi connectivity index (χ1) is 7.61. The van der Waals surface area contributed by atoms with Gasteiger partial charge in [-0.25, -0.2) is 0 Å². The highest BCUT2D eigenvalue weighted by Crippen LogP contribution is 2.13. The van der Waals surface area contributed by atoms with E-state index in [9.17, 15) is 9.59 Å². The van der Waals surface area contributed by atoms with Crippen LogP contribution in [0.4, 0.5) is 11.4 Å². The van der Waals surface area contributed by atoms with Gasteiger partial charge in [-0.2, -0.15) is 0 Å². The molecular formula is C11H16ClN3O2. The topological polar surface area (TPSA) is 84.2 Å². The molecule has 0 saturated heterocycles. The lowest BCUT2D eigenvalue weighted by Crippen LogP contribution is -2.16. The quantitative estimate of drug-likeness (QED) is 0.761. The number of amides is 2. The molecule has 1 rings (SSSR count). The van der Waals surface area contributed by atoms with Crippen molar-refractivity contribution in [3.8, 4) is 0 Å². The summed E-state index contributed by atoms with van der Waals surface area (Å²) < 4.78 is 0. The molecular weight excluding hydrogens is 242 g/mol. The zero-order chi connectivity index (χ0) is 12.0. The van der Waals surface area contributed by atoms with Crippen molar-refractivity contribution in [3.63, 3.8) is 0 Å². The highest BCUT2D eigenvalue weighted by Gasteiger charge is 2.01. The Morgan fingerprint density at radius 3 is 2.00 bits per heavy atom. The number of carbonyl (C=O) groups excluding carboxylic acids is 2. The summed E-state index contributed by atoms with van der Waals surface area (Å²) in [5.74, 6) is -0.241. The summed E-state index contributed by atoms with van der Waals surface area (Å²) in [6, 6.07) is 6.89. The van der Waals surface area contributed by atoms with Crippen LogP contribution in [0.1, 0.15) is 13.3 Å². The summed E-state index contributed by atoms with van der Waals surface area (Å²) in [6.07, 6.45) is 0.299. The van der Waals surface area contributed by atoms with Crippen molar-refractivity contribution in [2.45, 2.75) is 13.3 Å². The second-order valence-electron chi connectivity index (χ2n) is 3.35. The molecule has 2 amide bonds. The molecule has 1 aromatic rings. The van der Waals surface area contributed by atoms with Crippen molar-refractivity contribution >= 4 is 35.6 Å². The van der Waals surface area contributed by atoms with Crippen LogP contribution in [-0.4, -0.2) is 18.4 Å². The van der Waals surface area contributed by atoms with E-state index >= 15 is 0 Å². The van der Waals surface area contributed by atoms with Gasteiger partial charge in [0.25, 0.3) is 0 Å². The third-order valence-corrected chi connectivity index (χ3v) is 1.86. The molecule has 0 saturated carbocycles. The van der Waals surface area contributed by atoms with Gasteiger partial charge in [-0.15, -0.1) is 12.4 Å². The van der Waals surface area contributed by atoms with Crippen molar-refractivity contribution in [2.24, 2.45) is 5.73 Å². The van der Waals surface area contributed by atoms with Gasteiger partial charge in [-0.3, -0.25) is 9.59 Å². The van der Waals surface area contributed by atoms with Crippen molar-refractivity contribution in [1.29, 1.82) is 0 Å². The molecule has 0 bridgehead atoms. The van der Waals surface area contributed by atoms with Gasteiger partial charge in [0, 0.05) is 31.3 Å². The summed E-state index contributed by atoms with van der Waals surface area (Å²) in [6.45, 7) is 1.77. The van der Waals surface area contributed by atoms with E-state index in [1.807, 2.05) is 0 Å². The lowest BCUT2D eigenvalue weighted by atomic mass is 10.2. The molecule has 6 heteroatoms. The summed E-state index contributed by atoms with van der Waals surface area (Å²) in [5.41, 5.74) is 6.64. The van der Waals surface area contributed by atoms with Crippen LogP contribution in [0.25, 0.3) is 0 Å². The maximum atomic E-state index is 11.2. The number of hydrogen-bond donors (Lipinski definition) is 3. The Labute approximate surface area is 106 Å². The predicted molar refractivity (Wildman–Crippen MR) is 70.3 cm³/mol. The molecule has 0 atom stereocenters. The summed E-state index contributed by atoms with van der Waals surface area (Å²) in [4.78, 5) is 22.0. The number of benzene rings is 1. The SMILES string of the molecule is CC(=O)Nc1ccc(NC(=O)CCN)cc1.Cl. The van der Waals surface area contributed by atoms with E-state index in [1.165, 1.54) is 6.92 Å². The summed E-state index contributed by atoms with van der Waals surface area (Å²) >= 11 is 0. The van der Waals surface area contributed by atoms with Crippen LogP contribution in [-0.2, 0) is 9.59 Å². The standard InChI is InChI=1S/C11H15N3O2.ClH/c1-8(15)13-9-2-4-10(5-3-9)14-11(16)6-7-12;/h2-5H,6-7,12H2,1H3,(H,13,15)(H,14,16);1H. The zero-order valence-corrected chi connectivity index (χ0v) is 10.3. The number of hydrogen-bond acceptors (Lipinski definition) is 3. The van der Waals surface area contributed by atoms with Gasteiger partial charge in [0.2, 0.25) is 11.8 Å². The maximum absolute atomic E-state index is 11.2. The second-order valence-corrected chi connectivity index (χ2v) is 3.35. The highest BCUT2D eigenvalue weighted by molar-refractivity contribution is 5.92. The van der Waals surface area contributed by atoms with E-state index in [0.717, 1.165) is 0 Å². The van der Waals surface area contributed by atoms with Crippen LogP contribution in [0.2, 0.25) is 0 Å². The molecule has 1 aromatic carbocycles. The zero-order valence-electron chi connectivity index (χ0n) is 9.53. The fraction of sp³-hybridized carbons (Fsp3) is 0.273. The third-order valence-electron chi connectivity index (χ3n) is 1.86.